The summed E-state index contributed by atoms with van der Waals surface area (Å²) in [5.74, 6) is 1.63. The average molecular weight is 495 g/mol. The van der Waals surface area contributed by atoms with Gasteiger partial charge in [0.15, 0.2) is 11.5 Å². The highest BCUT2D eigenvalue weighted by Crippen LogP contribution is 2.38. The summed E-state index contributed by atoms with van der Waals surface area (Å²) in [7, 11) is 1.64. The monoisotopic (exact) mass is 493 g/mol. The molecule has 0 spiro atoms. The molecule has 0 unspecified atom stereocenters. The Labute approximate surface area is 189 Å². The Bertz CT molecular complexity index is 998. The van der Waals surface area contributed by atoms with Crippen molar-refractivity contribution in [2.75, 3.05) is 19.0 Å². The number of ether oxygens (including phenoxy) is 3. The van der Waals surface area contributed by atoms with Gasteiger partial charge in [-0.15, -0.1) is 0 Å². The molecule has 3 aromatic carbocycles. The number of hydrogen-bond acceptors (Lipinski definition) is 4. The van der Waals surface area contributed by atoms with Gasteiger partial charge in [0, 0.05) is 17.8 Å². The first-order valence-corrected chi connectivity index (χ1v) is 10.6. The zero-order valence-electron chi connectivity index (χ0n) is 16.7. The van der Waals surface area contributed by atoms with E-state index in [0.717, 1.165) is 21.5 Å². The minimum atomic E-state index is -0.381. The van der Waals surface area contributed by atoms with E-state index in [1.165, 1.54) is 12.1 Å². The van der Waals surface area contributed by atoms with Crippen molar-refractivity contribution in [1.82, 2.24) is 0 Å². The molecule has 3 aromatic rings. The fraction of sp³-hybridized carbons (Fsp3) is 0.217. The summed E-state index contributed by atoms with van der Waals surface area (Å²) in [6.07, 6.45) is 0. The molecule has 1 N–H and O–H groups in total. The fourth-order valence-electron chi connectivity index (χ4n) is 2.83. The summed E-state index contributed by atoms with van der Waals surface area (Å²) in [6, 6.07) is 15.9. The molecule has 0 atom stereocenters. The molecule has 0 heterocycles. The molecule has 0 aromatic heterocycles. The summed E-state index contributed by atoms with van der Waals surface area (Å²) in [5.41, 5.74) is 2.70. The van der Waals surface area contributed by atoms with E-state index < -0.39 is 0 Å². The third-order valence-corrected chi connectivity index (χ3v) is 5.28. The van der Waals surface area contributed by atoms with Crippen LogP contribution in [0, 0.1) is 5.82 Å². The van der Waals surface area contributed by atoms with Crippen LogP contribution < -0.4 is 19.5 Å². The second-order valence-electron chi connectivity index (χ2n) is 6.44. The van der Waals surface area contributed by atoms with E-state index in [1.54, 1.807) is 13.2 Å². The number of methoxy groups -OCH3 is 1. The van der Waals surface area contributed by atoms with Gasteiger partial charge >= 0.3 is 0 Å². The van der Waals surface area contributed by atoms with Crippen molar-refractivity contribution in [2.45, 2.75) is 20.1 Å². The Balaban J connectivity index is 1.73. The van der Waals surface area contributed by atoms with E-state index >= 15 is 0 Å². The molecule has 30 heavy (non-hydrogen) atoms. The first-order chi connectivity index (χ1) is 14.5. The molecule has 0 radical (unpaired) electrons. The molecule has 0 aliphatic heterocycles. The Morgan fingerprint density at radius 3 is 2.47 bits per heavy atom. The maximum atomic E-state index is 13.3. The molecule has 4 nitrogen and oxygen atoms in total. The van der Waals surface area contributed by atoms with Crippen molar-refractivity contribution in [2.24, 2.45) is 0 Å². The molecule has 0 aliphatic carbocycles. The van der Waals surface area contributed by atoms with Crippen LogP contribution in [-0.2, 0) is 13.2 Å². The lowest BCUT2D eigenvalue weighted by Gasteiger charge is -2.16. The smallest absolute Gasteiger partial charge is 0.175 e. The molecule has 0 fully saturated rings. The minimum absolute atomic E-state index is 0.196. The molecule has 0 aliphatic rings. The molecular weight excluding hydrogens is 473 g/mol. The molecule has 0 saturated heterocycles. The summed E-state index contributed by atoms with van der Waals surface area (Å²) >= 11 is 9.68. The number of benzene rings is 3. The number of nitrogens with one attached hydrogen (secondary N) is 1. The number of rotatable bonds is 9. The maximum Gasteiger partial charge on any atom is 0.175 e. The standard InChI is InChI=1S/C23H22BrClFNO3/c1-3-29-22-11-15(13-27-18-6-8-19(28-2)9-7-18)10-20(24)23(22)30-14-16-4-5-17(26)12-21(16)25/h4-12,27H,3,13-14H2,1-2H3. The van der Waals surface area contributed by atoms with Gasteiger partial charge in [-0.3, -0.25) is 0 Å². The summed E-state index contributed by atoms with van der Waals surface area (Å²) < 4.78 is 30.9. The normalized spacial score (nSPS) is 10.6. The number of halogens is 3. The van der Waals surface area contributed by atoms with Crippen LogP contribution in [0.25, 0.3) is 0 Å². The second kappa shape index (κ2) is 10.5. The van der Waals surface area contributed by atoms with Gasteiger partial charge in [0.05, 0.1) is 23.2 Å². The minimum Gasteiger partial charge on any atom is -0.497 e. The number of anilines is 1. The van der Waals surface area contributed by atoms with E-state index in [-0.39, 0.29) is 12.4 Å². The van der Waals surface area contributed by atoms with Crippen LogP contribution >= 0.6 is 27.5 Å². The van der Waals surface area contributed by atoms with Gasteiger partial charge in [-0.25, -0.2) is 4.39 Å². The van der Waals surface area contributed by atoms with Crippen LogP contribution in [-0.4, -0.2) is 13.7 Å². The van der Waals surface area contributed by atoms with Gasteiger partial charge in [-0.2, -0.15) is 0 Å². The third kappa shape index (κ3) is 5.80. The predicted molar refractivity (Wildman–Crippen MR) is 121 cm³/mol. The van der Waals surface area contributed by atoms with E-state index in [2.05, 4.69) is 21.2 Å². The average Bonchev–Trinajstić information content (AvgIpc) is 2.73. The summed E-state index contributed by atoms with van der Waals surface area (Å²) in [5, 5.41) is 3.70. The molecule has 3 rings (SSSR count). The Morgan fingerprint density at radius 1 is 1.03 bits per heavy atom. The Hall–Kier alpha value is -2.44. The van der Waals surface area contributed by atoms with Crippen LogP contribution in [0.15, 0.2) is 59.1 Å². The van der Waals surface area contributed by atoms with Crippen molar-refractivity contribution in [3.8, 4) is 17.2 Å². The van der Waals surface area contributed by atoms with E-state index in [4.69, 9.17) is 25.8 Å². The van der Waals surface area contributed by atoms with E-state index in [0.29, 0.717) is 35.2 Å². The largest absolute Gasteiger partial charge is 0.497 e. The molecule has 0 amide bonds. The van der Waals surface area contributed by atoms with E-state index in [1.807, 2.05) is 43.3 Å². The van der Waals surface area contributed by atoms with Gasteiger partial charge in [0.25, 0.3) is 0 Å². The third-order valence-electron chi connectivity index (χ3n) is 4.34. The van der Waals surface area contributed by atoms with Gasteiger partial charge in [-0.05, 0) is 76.9 Å². The molecule has 0 bridgehead atoms. The first-order valence-electron chi connectivity index (χ1n) is 9.40. The first kappa shape index (κ1) is 22.2. The van der Waals surface area contributed by atoms with E-state index in [9.17, 15) is 4.39 Å². The van der Waals surface area contributed by atoms with Gasteiger partial charge < -0.3 is 19.5 Å². The fourth-order valence-corrected chi connectivity index (χ4v) is 3.65. The van der Waals surface area contributed by atoms with Gasteiger partial charge in [-0.1, -0.05) is 17.7 Å². The van der Waals surface area contributed by atoms with Crippen LogP contribution in [0.3, 0.4) is 0 Å². The quantitative estimate of drug-likeness (QED) is 0.353. The zero-order valence-corrected chi connectivity index (χ0v) is 19.0. The highest BCUT2D eigenvalue weighted by Gasteiger charge is 2.14. The molecule has 0 saturated carbocycles. The highest BCUT2D eigenvalue weighted by atomic mass is 79.9. The lowest BCUT2D eigenvalue weighted by Crippen LogP contribution is -2.04. The van der Waals surface area contributed by atoms with Crippen LogP contribution in [0.2, 0.25) is 5.02 Å². The lowest BCUT2D eigenvalue weighted by molar-refractivity contribution is 0.267. The summed E-state index contributed by atoms with van der Waals surface area (Å²) in [4.78, 5) is 0. The molecular formula is C23H22BrClFNO3. The topological polar surface area (TPSA) is 39.7 Å². The zero-order chi connectivity index (χ0) is 21.5. The van der Waals surface area contributed by atoms with Crippen molar-refractivity contribution in [3.63, 3.8) is 0 Å². The van der Waals surface area contributed by atoms with Crippen LogP contribution in [0.4, 0.5) is 10.1 Å². The maximum absolute atomic E-state index is 13.3. The molecule has 7 heteroatoms. The summed E-state index contributed by atoms with van der Waals surface area (Å²) in [6.45, 7) is 3.21. The van der Waals surface area contributed by atoms with Gasteiger partial charge in [0.2, 0.25) is 0 Å². The van der Waals surface area contributed by atoms with Gasteiger partial charge in [0.1, 0.15) is 18.2 Å². The second-order valence-corrected chi connectivity index (χ2v) is 7.71. The predicted octanol–water partition coefficient (Wildman–Crippen LogP) is 6.84. The highest BCUT2D eigenvalue weighted by molar-refractivity contribution is 9.10. The van der Waals surface area contributed by atoms with Crippen molar-refractivity contribution in [1.29, 1.82) is 0 Å². The van der Waals surface area contributed by atoms with Crippen molar-refractivity contribution < 1.29 is 18.6 Å². The Morgan fingerprint density at radius 2 is 1.80 bits per heavy atom. The SMILES string of the molecule is CCOc1cc(CNc2ccc(OC)cc2)cc(Br)c1OCc1ccc(F)cc1Cl. The van der Waals surface area contributed by atoms with Crippen LogP contribution in [0.1, 0.15) is 18.1 Å². The number of hydrogen-bond donors (Lipinski definition) is 1. The van der Waals surface area contributed by atoms with Crippen molar-refractivity contribution >= 4 is 33.2 Å². The van der Waals surface area contributed by atoms with Crippen LogP contribution in [0.5, 0.6) is 17.2 Å². The van der Waals surface area contributed by atoms with Crippen molar-refractivity contribution in [3.05, 3.63) is 81.0 Å². The lowest BCUT2D eigenvalue weighted by atomic mass is 10.2. The Kier molecular flexibility index (Phi) is 7.82. The molecule has 158 valence electrons.